The van der Waals surface area contributed by atoms with E-state index in [4.69, 9.17) is 9.47 Å². The van der Waals surface area contributed by atoms with Crippen molar-refractivity contribution in [2.75, 3.05) is 40.4 Å². The van der Waals surface area contributed by atoms with Gasteiger partial charge < -0.3 is 14.0 Å². The van der Waals surface area contributed by atoms with E-state index in [1.165, 1.54) is 19.3 Å². The van der Waals surface area contributed by atoms with Gasteiger partial charge in [-0.3, -0.25) is 0 Å². The maximum Gasteiger partial charge on any atom is 0.361 e. The summed E-state index contributed by atoms with van der Waals surface area (Å²) in [6.45, 7) is 13.8. The molecule has 2 aliphatic rings. The Morgan fingerprint density at radius 3 is 2.42 bits per heavy atom. The van der Waals surface area contributed by atoms with Crippen molar-refractivity contribution in [1.29, 1.82) is 0 Å². The van der Waals surface area contributed by atoms with Crippen LogP contribution in [0.15, 0.2) is 0 Å². The molecular weight excluding hydrogens is 302 g/mol. The van der Waals surface area contributed by atoms with E-state index in [9.17, 15) is 4.79 Å². The summed E-state index contributed by atoms with van der Waals surface area (Å²) < 4.78 is 12.2. The topological polar surface area (TPSA) is 35.5 Å². The smallest absolute Gasteiger partial charge is 0.361 e. The molecule has 0 spiro atoms. The number of likely N-dealkylation sites (N-methyl/N-ethyl adjacent to an activating group) is 1. The van der Waals surface area contributed by atoms with E-state index in [2.05, 4.69) is 48.7 Å². The van der Waals surface area contributed by atoms with Crippen LogP contribution in [0.3, 0.4) is 0 Å². The van der Waals surface area contributed by atoms with Gasteiger partial charge >= 0.3 is 5.97 Å². The molecule has 4 heteroatoms. The SMILES string of the molecule is CC(C)COC(=O)C[N+](C)(C)CCOC1CC2CCC1(C)C2(C)C. The van der Waals surface area contributed by atoms with E-state index in [1.807, 2.05) is 0 Å². The van der Waals surface area contributed by atoms with Gasteiger partial charge in [-0.25, -0.2) is 4.79 Å². The first-order valence-electron chi connectivity index (χ1n) is 9.57. The first kappa shape index (κ1) is 19.7. The number of fused-ring (bicyclic) bond motifs is 2. The Morgan fingerprint density at radius 1 is 1.25 bits per heavy atom. The highest BCUT2D eigenvalue weighted by Gasteiger charge is 2.61. The van der Waals surface area contributed by atoms with E-state index >= 15 is 0 Å². The molecule has 2 saturated carbocycles. The Labute approximate surface area is 148 Å². The van der Waals surface area contributed by atoms with Crippen molar-refractivity contribution in [3.63, 3.8) is 0 Å². The molecule has 4 nitrogen and oxygen atoms in total. The standard InChI is InChI=1S/C20H38NO3/c1-15(2)14-24-18(22)13-21(6,7)10-11-23-17-12-16-8-9-20(17,5)19(16,3)4/h15-17H,8-14H2,1-7H3/q+1. The van der Waals surface area contributed by atoms with Crippen molar-refractivity contribution in [3.8, 4) is 0 Å². The van der Waals surface area contributed by atoms with Gasteiger partial charge in [-0.15, -0.1) is 0 Å². The van der Waals surface area contributed by atoms with Gasteiger partial charge in [-0.05, 0) is 41.9 Å². The first-order valence-corrected chi connectivity index (χ1v) is 9.57. The van der Waals surface area contributed by atoms with Gasteiger partial charge in [0, 0.05) is 0 Å². The number of hydrogen-bond donors (Lipinski definition) is 0. The Bertz CT molecular complexity index is 458. The zero-order valence-electron chi connectivity index (χ0n) is 16.9. The number of carbonyl (C=O) groups is 1. The molecule has 3 atom stereocenters. The number of rotatable bonds is 8. The fourth-order valence-corrected chi connectivity index (χ4v) is 4.56. The van der Waals surface area contributed by atoms with Gasteiger partial charge in [0.15, 0.2) is 6.54 Å². The lowest BCUT2D eigenvalue weighted by molar-refractivity contribution is -0.883. The van der Waals surface area contributed by atoms with Crippen LogP contribution in [-0.4, -0.2) is 57.0 Å². The normalized spacial score (nSPS) is 31.7. The van der Waals surface area contributed by atoms with E-state index in [0.29, 0.717) is 47.1 Å². The minimum atomic E-state index is -0.110. The van der Waals surface area contributed by atoms with Crippen LogP contribution in [0.4, 0.5) is 0 Å². The van der Waals surface area contributed by atoms with Crippen molar-refractivity contribution in [2.45, 2.75) is 60.0 Å². The van der Waals surface area contributed by atoms with E-state index < -0.39 is 0 Å². The van der Waals surface area contributed by atoms with Crippen molar-refractivity contribution in [1.82, 2.24) is 0 Å². The van der Waals surface area contributed by atoms with Crippen molar-refractivity contribution in [2.24, 2.45) is 22.7 Å². The molecule has 24 heavy (non-hydrogen) atoms. The van der Waals surface area contributed by atoms with Gasteiger partial charge in [-0.1, -0.05) is 34.6 Å². The molecule has 2 fully saturated rings. The molecule has 3 unspecified atom stereocenters. The molecular formula is C20H38NO3+. The van der Waals surface area contributed by atoms with E-state index in [0.717, 1.165) is 12.5 Å². The minimum absolute atomic E-state index is 0.110. The molecule has 0 N–H and O–H groups in total. The predicted molar refractivity (Wildman–Crippen MR) is 96.6 cm³/mol. The molecule has 0 aromatic carbocycles. The van der Waals surface area contributed by atoms with Gasteiger partial charge in [0.25, 0.3) is 0 Å². The molecule has 2 rings (SSSR count). The van der Waals surface area contributed by atoms with Crippen LogP contribution in [0.1, 0.15) is 53.9 Å². The summed E-state index contributed by atoms with van der Waals surface area (Å²) in [5.41, 5.74) is 0.702. The Kier molecular flexibility index (Phi) is 5.71. The first-order chi connectivity index (χ1) is 11.0. The van der Waals surface area contributed by atoms with Crippen molar-refractivity contribution >= 4 is 5.97 Å². The lowest BCUT2D eigenvalue weighted by atomic mass is 9.70. The van der Waals surface area contributed by atoms with Gasteiger partial charge in [0.05, 0.1) is 33.4 Å². The number of esters is 1. The third kappa shape index (κ3) is 3.96. The summed E-state index contributed by atoms with van der Waals surface area (Å²) in [6.07, 6.45) is 4.22. The molecule has 0 radical (unpaired) electrons. The maximum absolute atomic E-state index is 11.9. The molecule has 0 aromatic heterocycles. The number of nitrogens with zero attached hydrogens (tertiary/aromatic N) is 1. The Hall–Kier alpha value is -0.610. The third-order valence-corrected chi connectivity index (χ3v) is 6.86. The summed E-state index contributed by atoms with van der Waals surface area (Å²) in [4.78, 5) is 11.9. The van der Waals surface area contributed by atoms with Crippen LogP contribution in [0.25, 0.3) is 0 Å². The largest absolute Gasteiger partial charge is 0.461 e. The Balaban J connectivity index is 1.76. The Morgan fingerprint density at radius 2 is 1.92 bits per heavy atom. The quantitative estimate of drug-likeness (QED) is 0.501. The summed E-state index contributed by atoms with van der Waals surface area (Å²) in [5, 5.41) is 0. The van der Waals surface area contributed by atoms with Crippen LogP contribution >= 0.6 is 0 Å². The molecule has 0 amide bonds. The average molecular weight is 341 g/mol. The summed E-state index contributed by atoms with van der Waals surface area (Å²) >= 11 is 0. The highest BCUT2D eigenvalue weighted by atomic mass is 16.5. The second-order valence-electron chi connectivity index (χ2n) is 9.86. The molecule has 2 bridgehead atoms. The van der Waals surface area contributed by atoms with Crippen LogP contribution in [-0.2, 0) is 14.3 Å². The number of quaternary nitrogens is 1. The summed E-state index contributed by atoms with van der Waals surface area (Å²) in [6, 6.07) is 0. The predicted octanol–water partition coefficient (Wildman–Crippen LogP) is 3.49. The molecule has 0 aliphatic heterocycles. The van der Waals surface area contributed by atoms with Crippen LogP contribution in [0, 0.1) is 22.7 Å². The average Bonchev–Trinajstić information content (AvgIpc) is 2.77. The van der Waals surface area contributed by atoms with Crippen LogP contribution < -0.4 is 0 Å². The lowest BCUT2D eigenvalue weighted by Crippen LogP contribution is -2.47. The van der Waals surface area contributed by atoms with Gasteiger partial charge in [0.1, 0.15) is 6.54 Å². The summed E-state index contributed by atoms with van der Waals surface area (Å²) in [7, 11) is 4.15. The fraction of sp³-hybridized carbons (Fsp3) is 0.950. The zero-order valence-corrected chi connectivity index (χ0v) is 16.9. The molecule has 0 saturated heterocycles. The third-order valence-electron chi connectivity index (χ3n) is 6.86. The second-order valence-corrected chi connectivity index (χ2v) is 9.86. The molecule has 2 aliphatic carbocycles. The molecule has 140 valence electrons. The second kappa shape index (κ2) is 6.95. The maximum atomic E-state index is 11.9. The van der Waals surface area contributed by atoms with E-state index in [-0.39, 0.29) is 5.97 Å². The zero-order chi connectivity index (χ0) is 18.2. The number of ether oxygens (including phenoxy) is 2. The fourth-order valence-electron chi connectivity index (χ4n) is 4.56. The highest BCUT2D eigenvalue weighted by molar-refractivity contribution is 5.70. The highest BCUT2D eigenvalue weighted by Crippen LogP contribution is 2.66. The molecule has 0 aromatic rings. The van der Waals surface area contributed by atoms with Gasteiger partial charge in [-0.2, -0.15) is 0 Å². The van der Waals surface area contributed by atoms with E-state index in [1.54, 1.807) is 0 Å². The lowest BCUT2D eigenvalue weighted by Gasteiger charge is -2.39. The van der Waals surface area contributed by atoms with Gasteiger partial charge in [0.2, 0.25) is 0 Å². The van der Waals surface area contributed by atoms with Crippen LogP contribution in [0.5, 0.6) is 0 Å². The van der Waals surface area contributed by atoms with Crippen molar-refractivity contribution < 1.29 is 18.8 Å². The summed E-state index contributed by atoms with van der Waals surface area (Å²) in [5.74, 6) is 1.08. The molecule has 0 heterocycles. The number of hydrogen-bond acceptors (Lipinski definition) is 3. The van der Waals surface area contributed by atoms with Crippen LogP contribution in [0.2, 0.25) is 0 Å². The monoisotopic (exact) mass is 340 g/mol. The minimum Gasteiger partial charge on any atom is -0.461 e. The van der Waals surface area contributed by atoms with Crippen molar-refractivity contribution in [3.05, 3.63) is 0 Å². The number of carbonyl (C=O) groups excluding carboxylic acids is 1.